The first-order valence-corrected chi connectivity index (χ1v) is 8.11. The molecule has 4 aromatic carbocycles. The Morgan fingerprint density at radius 2 is 1.36 bits per heavy atom. The van der Waals surface area contributed by atoms with Crippen molar-refractivity contribution in [1.29, 1.82) is 0 Å². The van der Waals surface area contributed by atoms with Crippen molar-refractivity contribution in [2.24, 2.45) is 0 Å². The van der Waals surface area contributed by atoms with Gasteiger partial charge in [0.1, 0.15) is 5.75 Å². The second-order valence-electron chi connectivity index (χ2n) is 5.92. The SMILES string of the molecule is COc1cc2ccccc2cc1C(=O)Nc1ccc2ccccc2c1. The zero-order valence-corrected chi connectivity index (χ0v) is 13.8. The van der Waals surface area contributed by atoms with Gasteiger partial charge < -0.3 is 10.1 Å². The third kappa shape index (κ3) is 2.92. The molecule has 0 unspecified atom stereocenters. The minimum atomic E-state index is -0.183. The van der Waals surface area contributed by atoms with Gasteiger partial charge in [0, 0.05) is 5.69 Å². The van der Waals surface area contributed by atoms with Crippen molar-refractivity contribution in [3.8, 4) is 5.75 Å². The van der Waals surface area contributed by atoms with Crippen LogP contribution in [0.2, 0.25) is 0 Å². The molecular formula is C22H17NO2. The molecular weight excluding hydrogens is 310 g/mol. The Hall–Kier alpha value is -3.33. The summed E-state index contributed by atoms with van der Waals surface area (Å²) < 4.78 is 5.42. The van der Waals surface area contributed by atoms with Crippen molar-refractivity contribution < 1.29 is 9.53 Å². The van der Waals surface area contributed by atoms with Crippen LogP contribution in [-0.4, -0.2) is 13.0 Å². The topological polar surface area (TPSA) is 38.3 Å². The Morgan fingerprint density at radius 3 is 2.04 bits per heavy atom. The number of rotatable bonds is 3. The highest BCUT2D eigenvalue weighted by Crippen LogP contribution is 2.27. The Labute approximate surface area is 145 Å². The molecule has 4 aromatic rings. The van der Waals surface area contributed by atoms with E-state index < -0.39 is 0 Å². The number of hydrogen-bond donors (Lipinski definition) is 1. The third-order valence-corrected chi connectivity index (χ3v) is 4.32. The molecule has 1 N–H and O–H groups in total. The van der Waals surface area contributed by atoms with Gasteiger partial charge in [-0.3, -0.25) is 4.79 Å². The number of anilines is 1. The number of benzene rings is 4. The quantitative estimate of drug-likeness (QED) is 0.558. The van der Waals surface area contributed by atoms with Crippen LogP contribution in [-0.2, 0) is 0 Å². The molecule has 0 aliphatic carbocycles. The Balaban J connectivity index is 1.70. The highest BCUT2D eigenvalue weighted by atomic mass is 16.5. The van der Waals surface area contributed by atoms with Gasteiger partial charge in [0.15, 0.2) is 0 Å². The van der Waals surface area contributed by atoms with Crippen LogP contribution < -0.4 is 10.1 Å². The lowest BCUT2D eigenvalue weighted by Crippen LogP contribution is -2.13. The Morgan fingerprint density at radius 1 is 0.760 bits per heavy atom. The van der Waals surface area contributed by atoms with Crippen molar-refractivity contribution in [3.63, 3.8) is 0 Å². The van der Waals surface area contributed by atoms with Gasteiger partial charge >= 0.3 is 0 Å². The Kier molecular flexibility index (Phi) is 3.82. The van der Waals surface area contributed by atoms with Crippen molar-refractivity contribution in [2.45, 2.75) is 0 Å². The zero-order chi connectivity index (χ0) is 17.2. The van der Waals surface area contributed by atoms with Gasteiger partial charge in [0.25, 0.3) is 5.91 Å². The Bertz CT molecular complexity index is 1090. The van der Waals surface area contributed by atoms with Crippen LogP contribution in [0.5, 0.6) is 5.75 Å². The van der Waals surface area contributed by atoms with Crippen LogP contribution in [0.25, 0.3) is 21.5 Å². The molecule has 0 saturated heterocycles. The molecule has 0 saturated carbocycles. The maximum Gasteiger partial charge on any atom is 0.259 e. The summed E-state index contributed by atoms with van der Waals surface area (Å²) in [6.45, 7) is 0. The summed E-state index contributed by atoms with van der Waals surface area (Å²) in [6.07, 6.45) is 0. The maximum atomic E-state index is 12.8. The molecule has 0 fully saturated rings. The van der Waals surface area contributed by atoms with Crippen molar-refractivity contribution >= 4 is 33.1 Å². The monoisotopic (exact) mass is 327 g/mol. The van der Waals surface area contributed by atoms with Gasteiger partial charge in [-0.15, -0.1) is 0 Å². The van der Waals surface area contributed by atoms with E-state index in [0.717, 1.165) is 27.2 Å². The summed E-state index contributed by atoms with van der Waals surface area (Å²) in [4.78, 5) is 12.8. The zero-order valence-electron chi connectivity index (χ0n) is 13.8. The smallest absolute Gasteiger partial charge is 0.259 e. The average Bonchev–Trinajstić information content (AvgIpc) is 2.66. The van der Waals surface area contributed by atoms with E-state index in [1.54, 1.807) is 7.11 Å². The normalized spacial score (nSPS) is 10.8. The molecule has 0 spiro atoms. The van der Waals surface area contributed by atoms with Crippen molar-refractivity contribution in [2.75, 3.05) is 12.4 Å². The van der Waals surface area contributed by atoms with Gasteiger partial charge in [0.05, 0.1) is 12.7 Å². The van der Waals surface area contributed by atoms with Gasteiger partial charge in [-0.2, -0.15) is 0 Å². The summed E-state index contributed by atoms with van der Waals surface area (Å²) in [5.74, 6) is 0.384. The molecule has 25 heavy (non-hydrogen) atoms. The van der Waals surface area contributed by atoms with E-state index in [0.29, 0.717) is 11.3 Å². The molecule has 3 nitrogen and oxygen atoms in total. The molecule has 0 atom stereocenters. The fraction of sp³-hybridized carbons (Fsp3) is 0.0455. The number of ether oxygens (including phenoxy) is 1. The van der Waals surface area contributed by atoms with Crippen LogP contribution in [0, 0.1) is 0 Å². The minimum absolute atomic E-state index is 0.183. The molecule has 0 aliphatic rings. The largest absolute Gasteiger partial charge is 0.496 e. The number of carbonyl (C=O) groups is 1. The summed E-state index contributed by atoms with van der Waals surface area (Å²) >= 11 is 0. The van der Waals surface area contributed by atoms with Crippen molar-refractivity contribution in [3.05, 3.63) is 84.4 Å². The summed E-state index contributed by atoms with van der Waals surface area (Å²) in [5, 5.41) is 7.25. The highest BCUT2D eigenvalue weighted by molar-refractivity contribution is 6.09. The van der Waals surface area contributed by atoms with E-state index in [9.17, 15) is 4.79 Å². The first-order valence-electron chi connectivity index (χ1n) is 8.11. The number of hydrogen-bond acceptors (Lipinski definition) is 2. The van der Waals surface area contributed by atoms with E-state index >= 15 is 0 Å². The lowest BCUT2D eigenvalue weighted by Gasteiger charge is -2.11. The first-order chi connectivity index (χ1) is 12.2. The van der Waals surface area contributed by atoms with E-state index in [1.165, 1.54) is 0 Å². The van der Waals surface area contributed by atoms with Crippen molar-refractivity contribution in [1.82, 2.24) is 0 Å². The molecule has 0 aliphatic heterocycles. The average molecular weight is 327 g/mol. The maximum absolute atomic E-state index is 12.8. The number of carbonyl (C=O) groups excluding carboxylic acids is 1. The predicted molar refractivity (Wildman–Crippen MR) is 102 cm³/mol. The lowest BCUT2D eigenvalue weighted by molar-refractivity contribution is 0.102. The molecule has 0 aromatic heterocycles. The first kappa shape index (κ1) is 15.2. The highest BCUT2D eigenvalue weighted by Gasteiger charge is 2.14. The summed E-state index contributed by atoms with van der Waals surface area (Å²) in [7, 11) is 1.58. The molecule has 0 radical (unpaired) electrons. The fourth-order valence-electron chi connectivity index (χ4n) is 3.03. The van der Waals surface area contributed by atoms with E-state index in [2.05, 4.69) is 5.32 Å². The van der Waals surface area contributed by atoms with Gasteiger partial charge in [-0.1, -0.05) is 54.6 Å². The summed E-state index contributed by atoms with van der Waals surface area (Å²) in [5.41, 5.74) is 1.29. The third-order valence-electron chi connectivity index (χ3n) is 4.32. The predicted octanol–water partition coefficient (Wildman–Crippen LogP) is 5.25. The standard InChI is InChI=1S/C22H17NO2/c1-25-21-14-18-9-5-4-8-17(18)13-20(21)22(24)23-19-11-10-15-6-2-3-7-16(15)12-19/h2-14H,1H3,(H,23,24). The van der Waals surface area contributed by atoms with Gasteiger partial charge in [-0.25, -0.2) is 0 Å². The second-order valence-corrected chi connectivity index (χ2v) is 5.92. The number of fused-ring (bicyclic) bond motifs is 2. The molecule has 0 bridgehead atoms. The lowest BCUT2D eigenvalue weighted by atomic mass is 10.0. The van der Waals surface area contributed by atoms with Gasteiger partial charge in [0.2, 0.25) is 0 Å². The van der Waals surface area contributed by atoms with E-state index in [4.69, 9.17) is 4.74 Å². The van der Waals surface area contributed by atoms with Crippen LogP contribution in [0.3, 0.4) is 0 Å². The molecule has 4 rings (SSSR count). The number of methoxy groups -OCH3 is 1. The second kappa shape index (κ2) is 6.29. The van der Waals surface area contributed by atoms with Gasteiger partial charge in [-0.05, 0) is 45.8 Å². The molecule has 122 valence electrons. The molecule has 3 heteroatoms. The summed E-state index contributed by atoms with van der Waals surface area (Å²) in [6, 6.07) is 25.6. The van der Waals surface area contributed by atoms with Crippen LogP contribution in [0.15, 0.2) is 78.9 Å². The van der Waals surface area contributed by atoms with E-state index in [1.807, 2.05) is 78.9 Å². The van der Waals surface area contributed by atoms with Crippen LogP contribution in [0.4, 0.5) is 5.69 Å². The molecule has 0 heterocycles. The number of nitrogens with one attached hydrogen (secondary N) is 1. The number of amides is 1. The van der Waals surface area contributed by atoms with Crippen LogP contribution >= 0.6 is 0 Å². The fourth-order valence-corrected chi connectivity index (χ4v) is 3.03. The molecule has 1 amide bonds. The minimum Gasteiger partial charge on any atom is -0.496 e. The van der Waals surface area contributed by atoms with Crippen LogP contribution in [0.1, 0.15) is 10.4 Å². The van der Waals surface area contributed by atoms with E-state index in [-0.39, 0.29) is 5.91 Å².